The smallest absolute Gasteiger partial charge is 0.171 e. The summed E-state index contributed by atoms with van der Waals surface area (Å²) in [4.78, 5) is 4.58. The Labute approximate surface area is 124 Å². The Kier molecular flexibility index (Phi) is 4.73. The molecule has 3 N–H and O–H groups in total. The van der Waals surface area contributed by atoms with Gasteiger partial charge < -0.3 is 20.7 Å². The number of amidine groups is 1. The fourth-order valence-corrected chi connectivity index (χ4v) is 3.00. The van der Waals surface area contributed by atoms with Crippen molar-refractivity contribution in [3.05, 3.63) is 28.8 Å². The largest absolute Gasteiger partial charge is 0.409 e. The summed E-state index contributed by atoms with van der Waals surface area (Å²) in [6.45, 7) is 2.07. The summed E-state index contributed by atoms with van der Waals surface area (Å²) in [7, 11) is 4.18. The fourth-order valence-electron chi connectivity index (χ4n) is 2.73. The average Bonchev–Trinajstić information content (AvgIpc) is 2.85. The molecule has 0 bridgehead atoms. The van der Waals surface area contributed by atoms with Gasteiger partial charge in [0.05, 0.1) is 5.02 Å². The van der Waals surface area contributed by atoms with Crippen LogP contribution in [0.3, 0.4) is 0 Å². The topological polar surface area (TPSA) is 65.1 Å². The first kappa shape index (κ1) is 14.9. The van der Waals surface area contributed by atoms with Gasteiger partial charge in [-0.05, 0) is 45.1 Å². The van der Waals surface area contributed by atoms with Gasteiger partial charge in [0.1, 0.15) is 0 Å². The van der Waals surface area contributed by atoms with Crippen molar-refractivity contribution >= 4 is 23.1 Å². The third-order valence-electron chi connectivity index (χ3n) is 3.62. The molecule has 1 aliphatic heterocycles. The summed E-state index contributed by atoms with van der Waals surface area (Å²) in [5, 5.41) is 12.2. The summed E-state index contributed by atoms with van der Waals surface area (Å²) in [6, 6.07) is 6.18. The van der Waals surface area contributed by atoms with E-state index >= 15 is 0 Å². The third-order valence-corrected chi connectivity index (χ3v) is 3.93. The van der Waals surface area contributed by atoms with Crippen LogP contribution >= 0.6 is 11.6 Å². The molecule has 0 aliphatic carbocycles. The van der Waals surface area contributed by atoms with Gasteiger partial charge in [-0.15, -0.1) is 0 Å². The molecular formula is C14H21ClN4O. The van der Waals surface area contributed by atoms with Crippen LogP contribution in [0.25, 0.3) is 0 Å². The second-order valence-electron chi connectivity index (χ2n) is 5.40. The normalized spacial score (nSPS) is 19.9. The second kappa shape index (κ2) is 6.33. The predicted octanol–water partition coefficient (Wildman–Crippen LogP) is 1.96. The van der Waals surface area contributed by atoms with Crippen LogP contribution in [0.5, 0.6) is 0 Å². The highest BCUT2D eigenvalue weighted by Crippen LogP contribution is 2.29. The maximum atomic E-state index is 8.72. The van der Waals surface area contributed by atoms with Crippen molar-refractivity contribution in [1.82, 2.24) is 4.90 Å². The molecule has 1 aromatic carbocycles. The van der Waals surface area contributed by atoms with Crippen LogP contribution in [0.15, 0.2) is 23.4 Å². The predicted molar refractivity (Wildman–Crippen MR) is 82.9 cm³/mol. The van der Waals surface area contributed by atoms with Gasteiger partial charge in [-0.2, -0.15) is 0 Å². The number of nitrogens with two attached hydrogens (primary N) is 1. The van der Waals surface area contributed by atoms with Gasteiger partial charge in [-0.3, -0.25) is 0 Å². The van der Waals surface area contributed by atoms with Crippen LogP contribution in [0.4, 0.5) is 5.69 Å². The Morgan fingerprint density at radius 1 is 1.55 bits per heavy atom. The Hall–Kier alpha value is -1.46. The molecule has 1 saturated heterocycles. The lowest BCUT2D eigenvalue weighted by Gasteiger charge is -2.29. The molecule has 1 fully saturated rings. The van der Waals surface area contributed by atoms with Crippen LogP contribution < -0.4 is 10.6 Å². The van der Waals surface area contributed by atoms with E-state index in [0.717, 1.165) is 18.8 Å². The van der Waals surface area contributed by atoms with Crippen molar-refractivity contribution in [3.63, 3.8) is 0 Å². The molecule has 0 amide bonds. The zero-order valence-electron chi connectivity index (χ0n) is 11.9. The number of nitrogens with zero attached hydrogens (tertiary/aromatic N) is 3. The molecule has 0 saturated carbocycles. The number of hydrogen-bond donors (Lipinski definition) is 2. The molecule has 6 heteroatoms. The van der Waals surface area contributed by atoms with Crippen LogP contribution in [-0.4, -0.2) is 49.2 Å². The van der Waals surface area contributed by atoms with E-state index in [4.69, 9.17) is 22.5 Å². The van der Waals surface area contributed by atoms with E-state index in [1.807, 2.05) is 12.1 Å². The SMILES string of the molecule is CN(C)CC1CCCN1c1ccc(C(N)=NO)c(Cl)c1. The Morgan fingerprint density at radius 2 is 2.30 bits per heavy atom. The highest BCUT2D eigenvalue weighted by atomic mass is 35.5. The van der Waals surface area contributed by atoms with Crippen molar-refractivity contribution in [3.8, 4) is 0 Å². The molecular weight excluding hydrogens is 276 g/mol. The first-order chi connectivity index (χ1) is 9.52. The molecule has 110 valence electrons. The minimum atomic E-state index is 0.0350. The molecule has 1 heterocycles. The van der Waals surface area contributed by atoms with E-state index in [0.29, 0.717) is 16.6 Å². The molecule has 2 rings (SSSR count). The minimum absolute atomic E-state index is 0.0350. The summed E-state index contributed by atoms with van der Waals surface area (Å²) < 4.78 is 0. The first-order valence-corrected chi connectivity index (χ1v) is 7.09. The van der Waals surface area contributed by atoms with E-state index in [2.05, 4.69) is 29.1 Å². The second-order valence-corrected chi connectivity index (χ2v) is 5.81. The molecule has 0 aromatic heterocycles. The number of oxime groups is 1. The minimum Gasteiger partial charge on any atom is -0.409 e. The molecule has 0 spiro atoms. The molecule has 0 radical (unpaired) electrons. The van der Waals surface area contributed by atoms with Crippen molar-refractivity contribution < 1.29 is 5.21 Å². The first-order valence-electron chi connectivity index (χ1n) is 6.71. The van der Waals surface area contributed by atoms with Crippen LogP contribution in [-0.2, 0) is 0 Å². The Balaban J connectivity index is 2.23. The summed E-state index contributed by atoms with van der Waals surface area (Å²) >= 11 is 6.23. The monoisotopic (exact) mass is 296 g/mol. The lowest BCUT2D eigenvalue weighted by atomic mass is 10.1. The number of benzene rings is 1. The van der Waals surface area contributed by atoms with E-state index in [1.165, 1.54) is 12.8 Å². The van der Waals surface area contributed by atoms with Gasteiger partial charge in [0, 0.05) is 30.4 Å². The van der Waals surface area contributed by atoms with Crippen molar-refractivity contribution in [2.24, 2.45) is 10.9 Å². The molecule has 1 unspecified atom stereocenters. The molecule has 5 nitrogen and oxygen atoms in total. The summed E-state index contributed by atoms with van der Waals surface area (Å²) in [5.41, 5.74) is 7.24. The van der Waals surface area contributed by atoms with Crippen LogP contribution in [0, 0.1) is 0 Å². The average molecular weight is 297 g/mol. The van der Waals surface area contributed by atoms with Gasteiger partial charge >= 0.3 is 0 Å². The van der Waals surface area contributed by atoms with Gasteiger partial charge in [-0.25, -0.2) is 0 Å². The summed E-state index contributed by atoms with van der Waals surface area (Å²) in [6.07, 6.45) is 2.38. The van der Waals surface area contributed by atoms with Crippen LogP contribution in [0.1, 0.15) is 18.4 Å². The third kappa shape index (κ3) is 3.16. The van der Waals surface area contributed by atoms with Gasteiger partial charge in [0.15, 0.2) is 5.84 Å². The van der Waals surface area contributed by atoms with E-state index < -0.39 is 0 Å². The van der Waals surface area contributed by atoms with Crippen molar-refractivity contribution in [1.29, 1.82) is 0 Å². The van der Waals surface area contributed by atoms with Crippen molar-refractivity contribution in [2.45, 2.75) is 18.9 Å². The van der Waals surface area contributed by atoms with Gasteiger partial charge in [0.25, 0.3) is 0 Å². The fraction of sp³-hybridized carbons (Fsp3) is 0.500. The lowest BCUT2D eigenvalue weighted by Crippen LogP contribution is -2.37. The highest BCUT2D eigenvalue weighted by molar-refractivity contribution is 6.34. The van der Waals surface area contributed by atoms with Crippen molar-refractivity contribution in [2.75, 3.05) is 32.1 Å². The van der Waals surface area contributed by atoms with Gasteiger partial charge in [-0.1, -0.05) is 16.8 Å². The highest BCUT2D eigenvalue weighted by Gasteiger charge is 2.25. The molecule has 1 aromatic rings. The zero-order valence-corrected chi connectivity index (χ0v) is 12.6. The molecule has 1 aliphatic rings. The number of hydrogen-bond acceptors (Lipinski definition) is 4. The summed E-state index contributed by atoms with van der Waals surface area (Å²) in [5.74, 6) is 0.0350. The van der Waals surface area contributed by atoms with Gasteiger partial charge in [0.2, 0.25) is 0 Å². The Bertz CT molecular complexity index is 504. The van der Waals surface area contributed by atoms with Crippen LogP contribution in [0.2, 0.25) is 5.02 Å². The zero-order chi connectivity index (χ0) is 14.7. The Morgan fingerprint density at radius 3 is 2.90 bits per heavy atom. The number of rotatable bonds is 4. The lowest BCUT2D eigenvalue weighted by molar-refractivity contribution is 0.318. The van der Waals surface area contributed by atoms with E-state index in [9.17, 15) is 0 Å². The van der Waals surface area contributed by atoms with E-state index in [1.54, 1.807) is 6.07 Å². The molecule has 1 atom stereocenters. The standard InChI is InChI=1S/C14H21ClN4O/c1-18(2)9-11-4-3-7-19(11)10-5-6-12(13(15)8-10)14(16)17-20/h5-6,8,11,20H,3-4,7,9H2,1-2H3,(H2,16,17). The van der Waals surface area contributed by atoms with E-state index in [-0.39, 0.29) is 5.84 Å². The maximum Gasteiger partial charge on any atom is 0.171 e. The molecule has 20 heavy (non-hydrogen) atoms. The maximum absolute atomic E-state index is 8.72. The number of anilines is 1. The number of likely N-dealkylation sites (N-methyl/N-ethyl adjacent to an activating group) is 1. The quantitative estimate of drug-likeness (QED) is 0.386. The number of halogens is 1.